The molecule has 0 saturated heterocycles. The average molecular weight is 443 g/mol. The lowest BCUT2D eigenvalue weighted by Crippen LogP contribution is -2.16. The van der Waals surface area contributed by atoms with Crippen LogP contribution >= 0.6 is 15.9 Å². The minimum atomic E-state index is -0.346. The van der Waals surface area contributed by atoms with E-state index in [1.165, 1.54) is 12.3 Å². The van der Waals surface area contributed by atoms with Crippen molar-refractivity contribution < 1.29 is 9.18 Å². The maximum atomic E-state index is 14.0. The Hall–Kier alpha value is -2.45. The number of carbonyl (C=O) groups excluding carboxylic acids is 1. The van der Waals surface area contributed by atoms with Gasteiger partial charge in [-0.05, 0) is 56.0 Å². The van der Waals surface area contributed by atoms with E-state index in [4.69, 9.17) is 6.42 Å². The van der Waals surface area contributed by atoms with Crippen LogP contribution in [0.2, 0.25) is 0 Å². The number of anilines is 1. The number of benzene rings is 2. The van der Waals surface area contributed by atoms with Gasteiger partial charge in [-0.15, -0.1) is 12.3 Å². The molecule has 0 heterocycles. The summed E-state index contributed by atoms with van der Waals surface area (Å²) in [5.41, 5.74) is 3.32. The zero-order valence-electron chi connectivity index (χ0n) is 16.1. The molecule has 5 heteroatoms. The smallest absolute Gasteiger partial charge is 0.224 e. The number of hydrogen-bond donors (Lipinski definition) is 1. The van der Waals surface area contributed by atoms with Crippen molar-refractivity contribution in [1.82, 2.24) is 0 Å². The Labute approximate surface area is 174 Å². The van der Waals surface area contributed by atoms with Gasteiger partial charge in [-0.2, -0.15) is 0 Å². The predicted molar refractivity (Wildman–Crippen MR) is 117 cm³/mol. The van der Waals surface area contributed by atoms with E-state index in [0.717, 1.165) is 16.8 Å². The van der Waals surface area contributed by atoms with Crippen LogP contribution in [0, 0.1) is 32.0 Å². The topological polar surface area (TPSA) is 41.5 Å². The number of halogens is 2. The van der Waals surface area contributed by atoms with Crippen LogP contribution in [0.15, 0.2) is 45.9 Å². The van der Waals surface area contributed by atoms with Crippen molar-refractivity contribution in [3.63, 3.8) is 0 Å². The maximum absolute atomic E-state index is 14.0. The number of nitrogens with zero attached hydrogens (tertiary/aromatic N) is 1. The molecule has 0 aliphatic rings. The molecule has 1 atom stereocenters. The second-order valence-corrected chi connectivity index (χ2v) is 7.61. The van der Waals surface area contributed by atoms with Gasteiger partial charge in [-0.1, -0.05) is 34.1 Å². The molecule has 0 aliphatic heterocycles. The lowest BCUT2D eigenvalue weighted by molar-refractivity contribution is -0.116. The maximum Gasteiger partial charge on any atom is 0.224 e. The third-order valence-corrected chi connectivity index (χ3v) is 4.95. The van der Waals surface area contributed by atoms with E-state index in [1.54, 1.807) is 12.1 Å². The van der Waals surface area contributed by atoms with Crippen molar-refractivity contribution >= 4 is 33.7 Å². The number of terminal acetylenes is 1. The number of rotatable bonds is 8. The molecule has 0 bridgehead atoms. The molecule has 2 aromatic carbocycles. The van der Waals surface area contributed by atoms with Crippen LogP contribution in [0.3, 0.4) is 0 Å². The van der Waals surface area contributed by atoms with Crippen molar-refractivity contribution in [1.29, 1.82) is 0 Å². The standard InChI is InChI=1S/C23H24BrFN2O/c1-4-5-9-20(26-15-18-10-11-19(24)14-21(18)25)12-13-22(28)27-23-16(2)7-6-8-17(23)3/h1,6-8,10-11,14-15,20H,5,9,12-13H2,2-3H3,(H,27,28). The summed E-state index contributed by atoms with van der Waals surface area (Å²) >= 11 is 3.24. The predicted octanol–water partition coefficient (Wildman–Crippen LogP) is 5.82. The summed E-state index contributed by atoms with van der Waals surface area (Å²) in [6, 6.07) is 10.6. The molecule has 3 nitrogen and oxygen atoms in total. The first-order chi connectivity index (χ1) is 13.4. The Balaban J connectivity index is 2.00. The summed E-state index contributed by atoms with van der Waals surface area (Å²) < 4.78 is 14.6. The van der Waals surface area contributed by atoms with Gasteiger partial charge in [0.15, 0.2) is 0 Å². The highest BCUT2D eigenvalue weighted by Crippen LogP contribution is 2.20. The molecule has 1 N–H and O–H groups in total. The highest BCUT2D eigenvalue weighted by molar-refractivity contribution is 9.10. The molecule has 28 heavy (non-hydrogen) atoms. The molecule has 0 radical (unpaired) electrons. The number of nitrogens with one attached hydrogen (secondary N) is 1. The summed E-state index contributed by atoms with van der Waals surface area (Å²) in [6.45, 7) is 3.94. The average Bonchev–Trinajstić information content (AvgIpc) is 2.65. The Morgan fingerprint density at radius 2 is 2.00 bits per heavy atom. The number of aryl methyl sites for hydroxylation is 2. The Bertz CT molecular complexity index is 882. The summed E-state index contributed by atoms with van der Waals surface area (Å²) in [4.78, 5) is 16.9. The third-order valence-electron chi connectivity index (χ3n) is 4.46. The van der Waals surface area contributed by atoms with Crippen LogP contribution < -0.4 is 5.32 Å². The quantitative estimate of drug-likeness (QED) is 0.405. The fourth-order valence-corrected chi connectivity index (χ4v) is 3.18. The second-order valence-electron chi connectivity index (χ2n) is 6.69. The number of para-hydroxylation sites is 1. The first-order valence-electron chi connectivity index (χ1n) is 9.18. The van der Waals surface area contributed by atoms with Crippen molar-refractivity contribution in [2.75, 3.05) is 5.32 Å². The summed E-state index contributed by atoms with van der Waals surface area (Å²) in [7, 11) is 0. The summed E-state index contributed by atoms with van der Waals surface area (Å²) in [5.74, 6) is 2.20. The van der Waals surface area contributed by atoms with Gasteiger partial charge in [-0.25, -0.2) is 4.39 Å². The first-order valence-corrected chi connectivity index (χ1v) is 9.97. The minimum Gasteiger partial charge on any atom is -0.326 e. The van der Waals surface area contributed by atoms with Crippen molar-refractivity contribution in [3.05, 3.63) is 63.4 Å². The number of carbonyl (C=O) groups is 1. The molecule has 0 spiro atoms. The van der Waals surface area contributed by atoms with Crippen molar-refractivity contribution in [2.24, 2.45) is 4.99 Å². The molecule has 0 aliphatic carbocycles. The van der Waals surface area contributed by atoms with Crippen molar-refractivity contribution in [3.8, 4) is 12.3 Å². The summed E-state index contributed by atoms with van der Waals surface area (Å²) in [6.07, 6.45) is 8.97. The molecule has 0 aromatic heterocycles. The highest BCUT2D eigenvalue weighted by atomic mass is 79.9. The number of aliphatic imine (C=N–C) groups is 1. The fourth-order valence-electron chi connectivity index (χ4n) is 2.85. The zero-order valence-corrected chi connectivity index (χ0v) is 17.7. The summed E-state index contributed by atoms with van der Waals surface area (Å²) in [5, 5.41) is 2.98. The minimum absolute atomic E-state index is 0.0619. The Kier molecular flexibility index (Phi) is 8.41. The number of amides is 1. The SMILES string of the molecule is C#CCCC(CCC(=O)Nc1c(C)cccc1C)N=Cc1ccc(Br)cc1F. The Morgan fingerprint density at radius 3 is 2.64 bits per heavy atom. The number of hydrogen-bond acceptors (Lipinski definition) is 2. The van der Waals surface area contributed by atoms with Crippen LogP contribution in [-0.2, 0) is 4.79 Å². The molecule has 1 unspecified atom stereocenters. The van der Waals surface area contributed by atoms with E-state index in [2.05, 4.69) is 32.2 Å². The van der Waals surface area contributed by atoms with E-state index in [-0.39, 0.29) is 17.8 Å². The lowest BCUT2D eigenvalue weighted by Gasteiger charge is -2.14. The van der Waals surface area contributed by atoms with Crippen molar-refractivity contribution in [2.45, 2.75) is 45.6 Å². The molecular weight excluding hydrogens is 419 g/mol. The molecular formula is C23H24BrFN2O. The molecule has 2 rings (SSSR count). The van der Waals surface area contributed by atoms with E-state index in [9.17, 15) is 9.18 Å². The van der Waals surface area contributed by atoms with E-state index in [0.29, 0.717) is 35.7 Å². The molecule has 2 aromatic rings. The zero-order chi connectivity index (χ0) is 20.5. The normalized spacial score (nSPS) is 12.0. The van der Waals surface area contributed by atoms with Gasteiger partial charge in [0.1, 0.15) is 5.82 Å². The van der Waals surface area contributed by atoms with Gasteiger partial charge >= 0.3 is 0 Å². The van der Waals surface area contributed by atoms with Crippen LogP contribution in [-0.4, -0.2) is 18.2 Å². The third kappa shape index (κ3) is 6.61. The highest BCUT2D eigenvalue weighted by Gasteiger charge is 2.12. The van der Waals surface area contributed by atoms with Crippen LogP contribution in [0.4, 0.5) is 10.1 Å². The van der Waals surface area contributed by atoms with Gasteiger partial charge in [0.05, 0.1) is 6.04 Å². The van der Waals surface area contributed by atoms with Gasteiger partial charge in [-0.3, -0.25) is 9.79 Å². The fraction of sp³-hybridized carbons (Fsp3) is 0.304. The Morgan fingerprint density at radius 1 is 1.29 bits per heavy atom. The largest absolute Gasteiger partial charge is 0.326 e. The van der Waals surface area contributed by atoms with Gasteiger partial charge in [0, 0.05) is 34.8 Å². The van der Waals surface area contributed by atoms with Gasteiger partial charge in [0.25, 0.3) is 0 Å². The molecule has 146 valence electrons. The molecule has 0 fully saturated rings. The van der Waals surface area contributed by atoms with Crippen LogP contribution in [0.5, 0.6) is 0 Å². The molecule has 1 amide bonds. The van der Waals surface area contributed by atoms with E-state index < -0.39 is 0 Å². The van der Waals surface area contributed by atoms with E-state index >= 15 is 0 Å². The van der Waals surface area contributed by atoms with Gasteiger partial charge in [0.2, 0.25) is 5.91 Å². The van der Waals surface area contributed by atoms with Crippen LogP contribution in [0.1, 0.15) is 42.4 Å². The second kappa shape index (κ2) is 10.8. The monoisotopic (exact) mass is 442 g/mol. The lowest BCUT2D eigenvalue weighted by atomic mass is 10.1. The molecule has 0 saturated carbocycles. The van der Waals surface area contributed by atoms with Gasteiger partial charge < -0.3 is 5.32 Å². The first kappa shape index (κ1) is 21.8. The van der Waals surface area contributed by atoms with E-state index in [1.807, 2.05) is 32.0 Å². The van der Waals surface area contributed by atoms with Crippen LogP contribution in [0.25, 0.3) is 0 Å².